The van der Waals surface area contributed by atoms with Crippen LogP contribution in [0.15, 0.2) is 62.0 Å². The third-order valence-electron chi connectivity index (χ3n) is 3.68. The molecule has 0 spiro atoms. The molecular weight excluding hydrogens is 568 g/mol. The molecule has 0 aromatic heterocycles. The summed E-state index contributed by atoms with van der Waals surface area (Å²) in [6.45, 7) is 2.50. The van der Waals surface area contributed by atoms with Crippen LogP contribution in [0.2, 0.25) is 0 Å². The number of hydrogen-bond acceptors (Lipinski definition) is 3. The molecule has 4 nitrogen and oxygen atoms in total. The van der Waals surface area contributed by atoms with Crippen LogP contribution < -0.4 is 4.74 Å². The van der Waals surface area contributed by atoms with Crippen molar-refractivity contribution in [2.45, 2.75) is 19.4 Å². The zero-order valence-corrected chi connectivity index (χ0v) is 20.4. The molecule has 2 rings (SSSR count). The number of halogens is 3. The lowest BCUT2D eigenvalue weighted by molar-refractivity contribution is -0.149. The molecule has 0 radical (unpaired) electrons. The van der Waals surface area contributed by atoms with Crippen LogP contribution in [-0.2, 0) is 16.0 Å². The molecule has 0 aliphatic rings. The molecule has 0 saturated heterocycles. The lowest BCUT2D eigenvalue weighted by Crippen LogP contribution is -2.26. The van der Waals surface area contributed by atoms with Crippen LogP contribution in [0.3, 0.4) is 0 Å². The predicted molar refractivity (Wildman–Crippen MR) is 124 cm³/mol. The van der Waals surface area contributed by atoms with E-state index in [0.717, 1.165) is 24.5 Å². The molecule has 0 fully saturated rings. The van der Waals surface area contributed by atoms with Crippen molar-refractivity contribution in [3.63, 3.8) is 0 Å². The van der Waals surface area contributed by atoms with Crippen molar-refractivity contribution < 1.29 is 19.4 Å². The van der Waals surface area contributed by atoms with Gasteiger partial charge in [0.15, 0.2) is 6.10 Å². The maximum Gasteiger partial charge on any atom is 0.333 e. The van der Waals surface area contributed by atoms with Crippen molar-refractivity contribution >= 4 is 53.8 Å². The largest absolute Gasteiger partial charge is 0.488 e. The Hall–Kier alpha value is -1.59. The van der Waals surface area contributed by atoms with Gasteiger partial charge in [-0.15, -0.1) is 0 Å². The van der Waals surface area contributed by atoms with Gasteiger partial charge in [-0.25, -0.2) is 4.79 Å². The van der Waals surface area contributed by atoms with Crippen LogP contribution in [0, 0.1) is 11.8 Å². The first kappa shape index (κ1) is 23.7. The fourth-order valence-electron chi connectivity index (χ4n) is 2.42. The quantitative estimate of drug-likeness (QED) is 0.386. The smallest absolute Gasteiger partial charge is 0.333 e. The highest BCUT2D eigenvalue weighted by atomic mass is 79.9. The lowest BCUT2D eigenvalue weighted by atomic mass is 10.1. The number of carboxylic acid groups (broad SMARTS) is 1. The van der Waals surface area contributed by atoms with Gasteiger partial charge < -0.3 is 14.6 Å². The maximum atomic E-state index is 11.2. The van der Waals surface area contributed by atoms with Gasteiger partial charge in [-0.05, 0) is 70.9 Å². The summed E-state index contributed by atoms with van der Waals surface area (Å²) < 4.78 is 13.7. The van der Waals surface area contributed by atoms with Gasteiger partial charge in [0.1, 0.15) is 12.4 Å². The van der Waals surface area contributed by atoms with Gasteiger partial charge >= 0.3 is 5.97 Å². The third-order valence-corrected chi connectivity index (χ3v) is 5.21. The maximum absolute atomic E-state index is 11.2. The zero-order valence-electron chi connectivity index (χ0n) is 15.6. The van der Waals surface area contributed by atoms with Crippen LogP contribution in [0.1, 0.15) is 18.1 Å². The topological polar surface area (TPSA) is 55.8 Å². The van der Waals surface area contributed by atoms with E-state index in [-0.39, 0.29) is 0 Å². The van der Waals surface area contributed by atoms with Gasteiger partial charge in [-0.3, -0.25) is 0 Å². The third kappa shape index (κ3) is 8.35. The van der Waals surface area contributed by atoms with Crippen LogP contribution in [0.25, 0.3) is 0 Å². The van der Waals surface area contributed by atoms with E-state index in [4.69, 9.17) is 9.47 Å². The van der Waals surface area contributed by atoms with Gasteiger partial charge in [0.25, 0.3) is 0 Å². The summed E-state index contributed by atoms with van der Waals surface area (Å²) in [7, 11) is 0. The number of allylic oxidation sites excluding steroid dienone is 1. The standard InChI is InChI=1S/C22H19Br3O4/c1-2-28-21(22(26)27)13-16-7-8-20(19(25)12-16)29-9-5-3-4-6-15-10-17(23)14-18(24)11-15/h3,5,7-8,10-12,14,21H,2,9,13H2,1H3,(H,26,27). The molecule has 29 heavy (non-hydrogen) atoms. The molecule has 0 saturated carbocycles. The average molecular weight is 587 g/mol. The first-order valence-electron chi connectivity index (χ1n) is 8.77. The van der Waals surface area contributed by atoms with E-state index < -0.39 is 12.1 Å². The molecule has 152 valence electrons. The molecule has 1 atom stereocenters. The van der Waals surface area contributed by atoms with E-state index in [2.05, 4.69) is 59.6 Å². The second-order valence-corrected chi connectivity index (χ2v) is 8.58. The molecular formula is C22H19Br3O4. The van der Waals surface area contributed by atoms with Crippen LogP contribution >= 0.6 is 47.8 Å². The summed E-state index contributed by atoms with van der Waals surface area (Å²) in [6.07, 6.45) is 3.02. The van der Waals surface area contributed by atoms with E-state index in [9.17, 15) is 9.90 Å². The Bertz CT molecular complexity index is 925. The monoisotopic (exact) mass is 584 g/mol. The van der Waals surface area contributed by atoms with E-state index in [1.807, 2.05) is 42.5 Å². The number of aliphatic carboxylic acids is 1. The molecule has 0 heterocycles. The van der Waals surface area contributed by atoms with Crippen molar-refractivity contribution in [3.8, 4) is 17.6 Å². The zero-order chi connectivity index (χ0) is 21.2. The van der Waals surface area contributed by atoms with Gasteiger partial charge in [-0.1, -0.05) is 49.8 Å². The molecule has 1 unspecified atom stereocenters. The number of rotatable bonds is 8. The number of hydrogen-bond donors (Lipinski definition) is 1. The fourth-order valence-corrected chi connectivity index (χ4v) is 4.25. The minimum absolute atomic E-state index is 0.295. The molecule has 7 heteroatoms. The predicted octanol–water partition coefficient (Wildman–Crippen LogP) is 5.99. The summed E-state index contributed by atoms with van der Waals surface area (Å²) in [6, 6.07) is 11.3. The van der Waals surface area contributed by atoms with Gasteiger partial charge in [-0.2, -0.15) is 0 Å². The number of ether oxygens (including phenoxy) is 2. The Kier molecular flexibility index (Phi) is 9.95. The Morgan fingerprint density at radius 1 is 1.17 bits per heavy atom. The number of benzene rings is 2. The Labute approximate surface area is 195 Å². The summed E-state index contributed by atoms with van der Waals surface area (Å²) in [5.41, 5.74) is 1.76. The minimum atomic E-state index is -0.968. The van der Waals surface area contributed by atoms with Crippen LogP contribution in [-0.4, -0.2) is 30.4 Å². The molecule has 0 amide bonds. The molecule has 2 aromatic carbocycles. The minimum Gasteiger partial charge on any atom is -0.488 e. The van der Waals surface area contributed by atoms with E-state index in [0.29, 0.717) is 25.4 Å². The van der Waals surface area contributed by atoms with Crippen molar-refractivity contribution in [1.82, 2.24) is 0 Å². The highest BCUT2D eigenvalue weighted by molar-refractivity contribution is 9.11. The van der Waals surface area contributed by atoms with Crippen molar-refractivity contribution in [3.05, 3.63) is 73.1 Å². The summed E-state index contributed by atoms with van der Waals surface area (Å²) in [4.78, 5) is 11.2. The highest BCUT2D eigenvalue weighted by Crippen LogP contribution is 2.27. The fraction of sp³-hybridized carbons (Fsp3) is 0.227. The van der Waals surface area contributed by atoms with Gasteiger partial charge in [0, 0.05) is 27.5 Å². The second kappa shape index (κ2) is 12.2. The Balaban J connectivity index is 1.90. The molecule has 0 aliphatic heterocycles. The van der Waals surface area contributed by atoms with Crippen LogP contribution in [0.4, 0.5) is 0 Å². The summed E-state index contributed by atoms with van der Waals surface area (Å²) in [5, 5.41) is 9.19. The molecule has 0 aliphatic carbocycles. The average Bonchev–Trinajstić information content (AvgIpc) is 2.64. The Morgan fingerprint density at radius 3 is 2.52 bits per heavy atom. The van der Waals surface area contributed by atoms with Gasteiger partial charge in [0.05, 0.1) is 4.47 Å². The molecule has 1 N–H and O–H groups in total. The number of carboxylic acids is 1. The molecule has 2 aromatic rings. The van der Waals surface area contributed by atoms with Crippen LogP contribution in [0.5, 0.6) is 5.75 Å². The van der Waals surface area contributed by atoms with Crippen molar-refractivity contribution in [2.75, 3.05) is 13.2 Å². The summed E-state index contributed by atoms with van der Waals surface area (Å²) >= 11 is 10.3. The first-order chi connectivity index (χ1) is 13.9. The SMILES string of the molecule is CCOC(Cc1ccc(OCC=CC#Cc2cc(Br)cc(Br)c2)c(Br)c1)C(=O)O. The van der Waals surface area contributed by atoms with E-state index in [1.54, 1.807) is 13.0 Å². The first-order valence-corrected chi connectivity index (χ1v) is 11.1. The van der Waals surface area contributed by atoms with Crippen molar-refractivity contribution in [2.24, 2.45) is 0 Å². The second-order valence-electron chi connectivity index (χ2n) is 5.89. The number of carbonyl (C=O) groups is 1. The lowest BCUT2D eigenvalue weighted by Gasteiger charge is -2.13. The Morgan fingerprint density at radius 2 is 1.90 bits per heavy atom. The molecule has 0 bridgehead atoms. The normalized spacial score (nSPS) is 11.7. The highest BCUT2D eigenvalue weighted by Gasteiger charge is 2.18. The van der Waals surface area contributed by atoms with E-state index in [1.165, 1.54) is 0 Å². The van der Waals surface area contributed by atoms with Gasteiger partial charge in [0.2, 0.25) is 0 Å². The summed E-state index contributed by atoms with van der Waals surface area (Å²) in [5.74, 6) is 5.74. The van der Waals surface area contributed by atoms with E-state index >= 15 is 0 Å². The van der Waals surface area contributed by atoms with Crippen molar-refractivity contribution in [1.29, 1.82) is 0 Å².